The first-order chi connectivity index (χ1) is 9.90. The Morgan fingerprint density at radius 1 is 1.43 bits per heavy atom. The minimum Gasteiger partial charge on any atom is -0.300 e. The summed E-state index contributed by atoms with van der Waals surface area (Å²) >= 11 is 7.34. The van der Waals surface area contributed by atoms with Gasteiger partial charge in [-0.3, -0.25) is 0 Å². The molecule has 0 bridgehead atoms. The van der Waals surface area contributed by atoms with Crippen molar-refractivity contribution in [1.82, 2.24) is 14.6 Å². The molecule has 5 nitrogen and oxygen atoms in total. The van der Waals surface area contributed by atoms with Gasteiger partial charge >= 0.3 is 0 Å². The Morgan fingerprint density at radius 2 is 2.19 bits per heavy atom. The molecule has 0 aliphatic rings. The molecule has 2 aromatic rings. The lowest BCUT2D eigenvalue weighted by Gasteiger charge is -2.23. The van der Waals surface area contributed by atoms with E-state index in [0.717, 1.165) is 4.88 Å². The number of aromatic nitrogens is 1. The van der Waals surface area contributed by atoms with E-state index in [9.17, 15) is 8.42 Å². The van der Waals surface area contributed by atoms with Crippen LogP contribution < -0.4 is 4.72 Å². The lowest BCUT2D eigenvalue weighted by atomic mass is 10.2. The summed E-state index contributed by atoms with van der Waals surface area (Å²) in [5.41, 5.74) is 0. The molecule has 0 amide bonds. The number of pyridine rings is 1. The lowest BCUT2D eigenvalue weighted by molar-refractivity contribution is 0.303. The van der Waals surface area contributed by atoms with Crippen LogP contribution in [0, 0.1) is 0 Å². The predicted molar refractivity (Wildman–Crippen MR) is 85.2 cm³/mol. The zero-order chi connectivity index (χ0) is 15.5. The quantitative estimate of drug-likeness (QED) is 0.816. The maximum atomic E-state index is 12.3. The standard InChI is InChI=1S/C13H16ClN3O2S2/c1-17(2)11(12-4-3-7-20-12)9-16-21(18,19)10-5-6-15-13(14)8-10/h3-8,11,16H,9H2,1-2H3. The van der Waals surface area contributed by atoms with Crippen LogP contribution in [0.1, 0.15) is 10.9 Å². The summed E-state index contributed by atoms with van der Waals surface area (Å²) in [6.07, 6.45) is 1.37. The molecule has 1 unspecified atom stereocenters. The van der Waals surface area contributed by atoms with Crippen molar-refractivity contribution in [3.05, 3.63) is 45.9 Å². The molecule has 2 rings (SSSR count). The van der Waals surface area contributed by atoms with Crippen LogP contribution in [0.4, 0.5) is 0 Å². The molecular weight excluding hydrogens is 330 g/mol. The molecular formula is C13H16ClN3O2S2. The fourth-order valence-corrected chi connectivity index (χ4v) is 4.05. The smallest absolute Gasteiger partial charge is 0.240 e. The van der Waals surface area contributed by atoms with E-state index >= 15 is 0 Å². The van der Waals surface area contributed by atoms with Gasteiger partial charge in [0.2, 0.25) is 10.0 Å². The number of likely N-dealkylation sites (N-methyl/N-ethyl adjacent to an activating group) is 1. The predicted octanol–water partition coefficient (Wildman–Crippen LogP) is 2.38. The first-order valence-electron chi connectivity index (χ1n) is 6.21. The first kappa shape index (κ1) is 16.4. The second-order valence-corrected chi connectivity index (χ2v) is 7.79. The fraction of sp³-hybridized carbons (Fsp3) is 0.308. The lowest BCUT2D eigenvalue weighted by Crippen LogP contribution is -2.34. The number of hydrogen-bond donors (Lipinski definition) is 1. The number of nitrogens with zero attached hydrogens (tertiary/aromatic N) is 2. The van der Waals surface area contributed by atoms with Gasteiger partial charge in [-0.05, 0) is 37.7 Å². The number of halogens is 1. The summed E-state index contributed by atoms with van der Waals surface area (Å²) in [6, 6.07) is 6.68. The highest BCUT2D eigenvalue weighted by molar-refractivity contribution is 7.89. The molecule has 21 heavy (non-hydrogen) atoms. The Balaban J connectivity index is 2.13. The van der Waals surface area contributed by atoms with Gasteiger partial charge in [-0.1, -0.05) is 17.7 Å². The molecule has 0 radical (unpaired) electrons. The van der Waals surface area contributed by atoms with Crippen LogP contribution >= 0.6 is 22.9 Å². The molecule has 0 spiro atoms. The summed E-state index contributed by atoms with van der Waals surface area (Å²) in [4.78, 5) is 6.99. The highest BCUT2D eigenvalue weighted by atomic mass is 35.5. The molecule has 2 aromatic heterocycles. The van der Waals surface area contributed by atoms with Gasteiger partial charge in [0.05, 0.1) is 10.9 Å². The number of rotatable bonds is 6. The third kappa shape index (κ3) is 4.24. The Labute approximate surface area is 133 Å². The number of nitrogens with one attached hydrogen (secondary N) is 1. The summed E-state index contributed by atoms with van der Waals surface area (Å²) in [5, 5.41) is 2.13. The third-order valence-electron chi connectivity index (χ3n) is 2.97. The molecule has 114 valence electrons. The Kier molecular flexibility index (Phi) is 5.34. The fourth-order valence-electron chi connectivity index (χ4n) is 1.84. The third-order valence-corrected chi connectivity index (χ3v) is 5.57. The molecule has 0 aliphatic carbocycles. The van der Waals surface area contributed by atoms with Crippen LogP contribution in [0.2, 0.25) is 5.15 Å². The van der Waals surface area contributed by atoms with Crippen LogP contribution in [-0.2, 0) is 10.0 Å². The second kappa shape index (κ2) is 6.85. The SMILES string of the molecule is CN(C)C(CNS(=O)(=O)c1ccnc(Cl)c1)c1cccs1. The zero-order valence-electron chi connectivity index (χ0n) is 11.7. The van der Waals surface area contributed by atoms with E-state index in [4.69, 9.17) is 11.6 Å². The maximum Gasteiger partial charge on any atom is 0.240 e. The van der Waals surface area contributed by atoms with E-state index in [-0.39, 0.29) is 22.6 Å². The number of sulfonamides is 1. The molecule has 0 fully saturated rings. The van der Waals surface area contributed by atoms with E-state index in [2.05, 4.69) is 9.71 Å². The van der Waals surface area contributed by atoms with Gasteiger partial charge in [0.25, 0.3) is 0 Å². The topological polar surface area (TPSA) is 62.3 Å². The molecule has 8 heteroatoms. The van der Waals surface area contributed by atoms with Crippen molar-refractivity contribution in [2.45, 2.75) is 10.9 Å². The van der Waals surface area contributed by atoms with Gasteiger partial charge in [-0.15, -0.1) is 11.3 Å². The highest BCUT2D eigenvalue weighted by Gasteiger charge is 2.20. The monoisotopic (exact) mass is 345 g/mol. The minimum atomic E-state index is -3.60. The van der Waals surface area contributed by atoms with Crippen LogP contribution in [0.15, 0.2) is 40.7 Å². The van der Waals surface area contributed by atoms with Crippen LogP contribution in [0.5, 0.6) is 0 Å². The minimum absolute atomic E-state index is 0.0166. The van der Waals surface area contributed by atoms with E-state index in [1.54, 1.807) is 11.3 Å². The average Bonchev–Trinajstić information content (AvgIpc) is 2.92. The summed E-state index contributed by atoms with van der Waals surface area (Å²) in [6.45, 7) is 0.287. The van der Waals surface area contributed by atoms with E-state index in [1.165, 1.54) is 18.3 Å². The molecule has 1 atom stereocenters. The maximum absolute atomic E-state index is 12.3. The molecule has 0 aliphatic heterocycles. The first-order valence-corrected chi connectivity index (χ1v) is 8.95. The molecule has 0 saturated carbocycles. The van der Waals surface area contributed by atoms with Crippen molar-refractivity contribution in [3.63, 3.8) is 0 Å². The van der Waals surface area contributed by atoms with Gasteiger partial charge in [-0.2, -0.15) is 0 Å². The summed E-state index contributed by atoms with van der Waals surface area (Å²) < 4.78 is 27.2. The molecule has 1 N–H and O–H groups in total. The number of thiophene rings is 1. The summed E-state index contributed by atoms with van der Waals surface area (Å²) in [7, 11) is 0.238. The van der Waals surface area contributed by atoms with Crippen molar-refractivity contribution in [1.29, 1.82) is 0 Å². The van der Waals surface area contributed by atoms with Gasteiger partial charge in [0.15, 0.2) is 0 Å². The molecule has 0 saturated heterocycles. The summed E-state index contributed by atoms with van der Waals surface area (Å²) in [5.74, 6) is 0. The Morgan fingerprint density at radius 3 is 2.76 bits per heavy atom. The van der Waals surface area contributed by atoms with Crippen LogP contribution in [-0.4, -0.2) is 38.9 Å². The zero-order valence-corrected chi connectivity index (χ0v) is 14.0. The van der Waals surface area contributed by atoms with Gasteiger partial charge in [-0.25, -0.2) is 18.1 Å². The number of hydrogen-bond acceptors (Lipinski definition) is 5. The van der Waals surface area contributed by atoms with Crippen molar-refractivity contribution >= 4 is 33.0 Å². The van der Waals surface area contributed by atoms with E-state index in [0.29, 0.717) is 0 Å². The highest BCUT2D eigenvalue weighted by Crippen LogP contribution is 2.23. The average molecular weight is 346 g/mol. The normalized spacial score (nSPS) is 13.5. The van der Waals surface area contributed by atoms with Crippen LogP contribution in [0.25, 0.3) is 0 Å². The Hall–Kier alpha value is -0.990. The van der Waals surface area contributed by atoms with Gasteiger partial charge < -0.3 is 4.90 Å². The van der Waals surface area contributed by atoms with Gasteiger partial charge in [0.1, 0.15) is 5.15 Å². The van der Waals surface area contributed by atoms with Crippen molar-refractivity contribution in [2.24, 2.45) is 0 Å². The molecule has 0 aromatic carbocycles. The van der Waals surface area contributed by atoms with Crippen molar-refractivity contribution in [3.8, 4) is 0 Å². The largest absolute Gasteiger partial charge is 0.300 e. The van der Waals surface area contributed by atoms with Gasteiger partial charge in [0, 0.05) is 17.6 Å². The Bertz CT molecular complexity index is 687. The van der Waals surface area contributed by atoms with E-state index in [1.807, 2.05) is 36.5 Å². The molecule has 2 heterocycles. The van der Waals surface area contributed by atoms with Crippen molar-refractivity contribution < 1.29 is 8.42 Å². The van der Waals surface area contributed by atoms with Crippen LogP contribution in [0.3, 0.4) is 0 Å². The second-order valence-electron chi connectivity index (χ2n) is 4.66. The van der Waals surface area contributed by atoms with Crippen molar-refractivity contribution in [2.75, 3.05) is 20.6 Å². The van der Waals surface area contributed by atoms with E-state index < -0.39 is 10.0 Å².